The Hall–Kier alpha value is -1.95. The molecule has 0 aliphatic heterocycles. The first-order valence-electron chi connectivity index (χ1n) is 5.12. The van der Waals surface area contributed by atoms with Gasteiger partial charge in [0.05, 0.1) is 24.6 Å². The number of anilines is 1. The molecule has 2 aromatic heterocycles. The molecule has 0 unspecified atom stereocenters. The van der Waals surface area contributed by atoms with E-state index in [1.165, 1.54) is 19.5 Å². The van der Waals surface area contributed by atoms with Gasteiger partial charge in [0, 0.05) is 12.3 Å². The number of hydrogen-bond acceptors (Lipinski definition) is 4. The second-order valence-electron chi connectivity index (χ2n) is 3.41. The normalized spacial score (nSPS) is 9.89. The molecule has 92 valence electrons. The lowest BCUT2D eigenvalue weighted by Crippen LogP contribution is -2.12. The van der Waals surface area contributed by atoms with E-state index in [0.717, 1.165) is 0 Å². The zero-order valence-corrected chi connectivity index (χ0v) is 11.1. The van der Waals surface area contributed by atoms with Crippen LogP contribution in [0.3, 0.4) is 0 Å². The first-order chi connectivity index (χ1) is 8.69. The number of hydrogen-bond donors (Lipinski definition) is 1. The first kappa shape index (κ1) is 12.5. The number of nitrogens with one attached hydrogen (secondary N) is 1. The Kier molecular flexibility index (Phi) is 3.88. The molecule has 18 heavy (non-hydrogen) atoms. The van der Waals surface area contributed by atoms with Crippen LogP contribution in [-0.4, -0.2) is 23.0 Å². The third-order valence-electron chi connectivity index (χ3n) is 2.19. The summed E-state index contributed by atoms with van der Waals surface area (Å²) in [5, 5.41) is 2.72. The SMILES string of the molecule is COc1ccc(NC(=O)c2ccc(Br)nc2)cn1. The van der Waals surface area contributed by atoms with Gasteiger partial charge >= 0.3 is 0 Å². The van der Waals surface area contributed by atoms with Crippen molar-refractivity contribution in [1.82, 2.24) is 9.97 Å². The third-order valence-corrected chi connectivity index (χ3v) is 2.66. The Morgan fingerprint density at radius 1 is 1.22 bits per heavy atom. The Morgan fingerprint density at radius 3 is 2.61 bits per heavy atom. The summed E-state index contributed by atoms with van der Waals surface area (Å²) in [4.78, 5) is 19.8. The second kappa shape index (κ2) is 5.59. The molecule has 1 amide bonds. The summed E-state index contributed by atoms with van der Waals surface area (Å²) in [5.41, 5.74) is 1.08. The molecular formula is C12H10BrN3O2. The van der Waals surface area contributed by atoms with Crippen molar-refractivity contribution >= 4 is 27.5 Å². The first-order valence-corrected chi connectivity index (χ1v) is 5.91. The average molecular weight is 308 g/mol. The van der Waals surface area contributed by atoms with Gasteiger partial charge in [-0.15, -0.1) is 0 Å². The van der Waals surface area contributed by atoms with Crippen LogP contribution in [-0.2, 0) is 0 Å². The van der Waals surface area contributed by atoms with E-state index in [2.05, 4.69) is 31.2 Å². The van der Waals surface area contributed by atoms with Crippen LogP contribution in [0.25, 0.3) is 0 Å². The van der Waals surface area contributed by atoms with Crippen molar-refractivity contribution in [2.24, 2.45) is 0 Å². The molecule has 0 aliphatic carbocycles. The Bertz CT molecular complexity index is 540. The molecule has 0 fully saturated rings. The van der Waals surface area contributed by atoms with Crippen molar-refractivity contribution in [2.45, 2.75) is 0 Å². The van der Waals surface area contributed by atoms with Crippen LogP contribution in [0.4, 0.5) is 5.69 Å². The highest BCUT2D eigenvalue weighted by atomic mass is 79.9. The van der Waals surface area contributed by atoms with Crippen molar-refractivity contribution < 1.29 is 9.53 Å². The molecule has 2 rings (SSSR count). The van der Waals surface area contributed by atoms with E-state index in [-0.39, 0.29) is 5.91 Å². The van der Waals surface area contributed by atoms with Gasteiger partial charge in [-0.05, 0) is 34.1 Å². The fourth-order valence-corrected chi connectivity index (χ4v) is 1.52. The molecule has 0 atom stereocenters. The summed E-state index contributed by atoms with van der Waals surface area (Å²) >= 11 is 3.21. The Balaban J connectivity index is 2.08. The Labute approximate surface area is 112 Å². The molecular weight excluding hydrogens is 298 g/mol. The molecule has 0 aliphatic rings. The van der Waals surface area contributed by atoms with Gasteiger partial charge in [-0.2, -0.15) is 0 Å². The van der Waals surface area contributed by atoms with E-state index in [1.54, 1.807) is 24.3 Å². The molecule has 0 bridgehead atoms. The van der Waals surface area contributed by atoms with Gasteiger partial charge in [0.1, 0.15) is 4.60 Å². The van der Waals surface area contributed by atoms with E-state index in [4.69, 9.17) is 4.74 Å². The van der Waals surface area contributed by atoms with Gasteiger partial charge in [0.25, 0.3) is 5.91 Å². The smallest absolute Gasteiger partial charge is 0.257 e. The van der Waals surface area contributed by atoms with Crippen molar-refractivity contribution in [3.8, 4) is 5.88 Å². The number of methoxy groups -OCH3 is 1. The number of aromatic nitrogens is 2. The molecule has 0 saturated heterocycles. The van der Waals surface area contributed by atoms with Gasteiger partial charge in [-0.3, -0.25) is 4.79 Å². The van der Waals surface area contributed by atoms with Gasteiger partial charge < -0.3 is 10.1 Å². The quantitative estimate of drug-likeness (QED) is 0.885. The fraction of sp³-hybridized carbons (Fsp3) is 0.0833. The lowest BCUT2D eigenvalue weighted by Gasteiger charge is -2.05. The van der Waals surface area contributed by atoms with Crippen molar-refractivity contribution in [3.05, 3.63) is 46.8 Å². The largest absolute Gasteiger partial charge is 0.481 e. The van der Waals surface area contributed by atoms with Crippen LogP contribution in [0.15, 0.2) is 41.3 Å². The van der Waals surface area contributed by atoms with Crippen LogP contribution >= 0.6 is 15.9 Å². The van der Waals surface area contributed by atoms with Crippen molar-refractivity contribution in [3.63, 3.8) is 0 Å². The third kappa shape index (κ3) is 3.04. The molecule has 0 saturated carbocycles. The summed E-state index contributed by atoms with van der Waals surface area (Å²) in [5.74, 6) is 0.264. The minimum absolute atomic E-state index is 0.234. The van der Waals surface area contributed by atoms with Gasteiger partial charge in [0.15, 0.2) is 0 Å². The minimum atomic E-state index is -0.234. The standard InChI is InChI=1S/C12H10BrN3O2/c1-18-11-5-3-9(7-15-11)16-12(17)8-2-4-10(13)14-6-8/h2-7H,1H3,(H,16,17). The highest BCUT2D eigenvalue weighted by molar-refractivity contribution is 9.10. The van der Waals surface area contributed by atoms with Gasteiger partial charge in [-0.25, -0.2) is 9.97 Å². The van der Waals surface area contributed by atoms with E-state index in [1.807, 2.05) is 0 Å². The number of halogens is 1. The average Bonchev–Trinajstić information content (AvgIpc) is 2.40. The van der Waals surface area contributed by atoms with Gasteiger partial charge in [0.2, 0.25) is 5.88 Å². The maximum absolute atomic E-state index is 11.9. The number of ether oxygens (including phenoxy) is 1. The summed E-state index contributed by atoms with van der Waals surface area (Å²) in [6.07, 6.45) is 3.03. The lowest BCUT2D eigenvalue weighted by atomic mass is 10.2. The molecule has 6 heteroatoms. The van der Waals surface area contributed by atoms with E-state index in [0.29, 0.717) is 21.7 Å². The molecule has 2 heterocycles. The van der Waals surface area contributed by atoms with Crippen LogP contribution in [0, 0.1) is 0 Å². The number of rotatable bonds is 3. The van der Waals surface area contributed by atoms with E-state index in [9.17, 15) is 4.79 Å². The topological polar surface area (TPSA) is 64.1 Å². The Morgan fingerprint density at radius 2 is 2.06 bits per heavy atom. The van der Waals surface area contributed by atoms with Crippen molar-refractivity contribution in [1.29, 1.82) is 0 Å². The van der Waals surface area contributed by atoms with Gasteiger partial charge in [-0.1, -0.05) is 0 Å². The zero-order valence-electron chi connectivity index (χ0n) is 9.55. The van der Waals surface area contributed by atoms with Crippen LogP contribution in [0.5, 0.6) is 5.88 Å². The molecule has 5 nitrogen and oxygen atoms in total. The minimum Gasteiger partial charge on any atom is -0.481 e. The fourth-order valence-electron chi connectivity index (χ4n) is 1.29. The molecule has 1 N–H and O–H groups in total. The molecule has 2 aromatic rings. The predicted molar refractivity (Wildman–Crippen MR) is 70.7 cm³/mol. The second-order valence-corrected chi connectivity index (χ2v) is 4.23. The van der Waals surface area contributed by atoms with E-state index < -0.39 is 0 Å². The molecule has 0 spiro atoms. The molecule has 0 radical (unpaired) electrons. The maximum atomic E-state index is 11.9. The van der Waals surface area contributed by atoms with Crippen LogP contribution < -0.4 is 10.1 Å². The zero-order chi connectivity index (χ0) is 13.0. The van der Waals surface area contributed by atoms with Crippen LogP contribution in [0.1, 0.15) is 10.4 Å². The number of carbonyl (C=O) groups excluding carboxylic acids is 1. The number of pyridine rings is 2. The summed E-state index contributed by atoms with van der Waals surface area (Å²) in [6.45, 7) is 0. The summed E-state index contributed by atoms with van der Waals surface area (Å²) in [7, 11) is 1.54. The number of carbonyl (C=O) groups is 1. The highest BCUT2D eigenvalue weighted by Crippen LogP contribution is 2.13. The summed E-state index contributed by atoms with van der Waals surface area (Å²) < 4.78 is 5.62. The monoisotopic (exact) mass is 307 g/mol. The van der Waals surface area contributed by atoms with Crippen LogP contribution in [0.2, 0.25) is 0 Å². The highest BCUT2D eigenvalue weighted by Gasteiger charge is 2.06. The summed E-state index contributed by atoms with van der Waals surface area (Å²) in [6, 6.07) is 6.79. The number of amides is 1. The predicted octanol–water partition coefficient (Wildman–Crippen LogP) is 2.50. The lowest BCUT2D eigenvalue weighted by molar-refractivity contribution is 0.102. The maximum Gasteiger partial charge on any atom is 0.257 e. The van der Waals surface area contributed by atoms with E-state index >= 15 is 0 Å². The van der Waals surface area contributed by atoms with Crippen molar-refractivity contribution in [2.75, 3.05) is 12.4 Å². The molecule has 0 aromatic carbocycles. The number of nitrogens with zero attached hydrogens (tertiary/aromatic N) is 2.